The number of nitrogens with zero attached hydrogens (tertiary/aromatic N) is 2. The van der Waals surface area contributed by atoms with Crippen LogP contribution in [0.15, 0.2) is 60.7 Å². The van der Waals surface area contributed by atoms with E-state index in [4.69, 9.17) is 0 Å². The van der Waals surface area contributed by atoms with Gasteiger partial charge in [0.2, 0.25) is 0 Å². The lowest BCUT2D eigenvalue weighted by Crippen LogP contribution is -2.00. The summed E-state index contributed by atoms with van der Waals surface area (Å²) in [6.07, 6.45) is 4.21. The second kappa shape index (κ2) is 5.85. The van der Waals surface area contributed by atoms with Crippen molar-refractivity contribution in [2.45, 2.75) is 13.8 Å². The molecule has 0 spiro atoms. The standard InChI is InChI=1S/C21H19N3/c1-15-11-12-16(2)24(15)21-10-6-3-7-17(21)13-14-20-18-8-4-5-9-19(18)22-23-20/h3-14H,1-2H3,(H,22,23). The number of rotatable bonds is 3. The predicted molar refractivity (Wildman–Crippen MR) is 100 cm³/mol. The molecule has 0 saturated heterocycles. The summed E-state index contributed by atoms with van der Waals surface area (Å²) in [6.45, 7) is 4.27. The van der Waals surface area contributed by atoms with E-state index in [1.165, 1.54) is 22.6 Å². The van der Waals surface area contributed by atoms with E-state index in [0.29, 0.717) is 0 Å². The zero-order valence-corrected chi connectivity index (χ0v) is 13.8. The summed E-state index contributed by atoms with van der Waals surface area (Å²) in [6, 6.07) is 20.9. The molecule has 0 atom stereocenters. The van der Waals surface area contributed by atoms with Crippen LogP contribution in [0.2, 0.25) is 0 Å². The molecule has 0 aliphatic heterocycles. The molecule has 4 rings (SSSR count). The molecular formula is C21H19N3. The predicted octanol–water partition coefficient (Wildman–Crippen LogP) is 5.14. The lowest BCUT2D eigenvalue weighted by Gasteiger charge is -2.12. The van der Waals surface area contributed by atoms with Gasteiger partial charge in [0.15, 0.2) is 0 Å². The summed E-state index contributed by atoms with van der Waals surface area (Å²) in [4.78, 5) is 0. The Balaban J connectivity index is 1.78. The highest BCUT2D eigenvalue weighted by atomic mass is 15.1. The molecular weight excluding hydrogens is 294 g/mol. The third kappa shape index (κ3) is 2.44. The van der Waals surface area contributed by atoms with Crippen LogP contribution < -0.4 is 0 Å². The van der Waals surface area contributed by atoms with Gasteiger partial charge in [-0.15, -0.1) is 0 Å². The highest BCUT2D eigenvalue weighted by molar-refractivity contribution is 5.89. The fraction of sp³-hybridized carbons (Fsp3) is 0.0952. The molecule has 118 valence electrons. The zero-order chi connectivity index (χ0) is 16.5. The van der Waals surface area contributed by atoms with E-state index in [-0.39, 0.29) is 0 Å². The average Bonchev–Trinajstić information content (AvgIpc) is 3.17. The van der Waals surface area contributed by atoms with Crippen LogP contribution in [0.5, 0.6) is 0 Å². The Hall–Kier alpha value is -3.07. The van der Waals surface area contributed by atoms with Gasteiger partial charge in [-0.05, 0) is 49.8 Å². The minimum Gasteiger partial charge on any atom is -0.318 e. The van der Waals surface area contributed by atoms with Gasteiger partial charge in [-0.3, -0.25) is 5.10 Å². The van der Waals surface area contributed by atoms with E-state index in [2.05, 4.69) is 83.2 Å². The molecule has 0 saturated carbocycles. The number of nitrogens with one attached hydrogen (secondary N) is 1. The number of hydrogen-bond donors (Lipinski definition) is 1. The average molecular weight is 313 g/mol. The summed E-state index contributed by atoms with van der Waals surface area (Å²) < 4.78 is 2.28. The SMILES string of the molecule is Cc1ccc(C)n1-c1ccccc1C=Cc1n[nH]c2ccccc12. The molecule has 2 heterocycles. The van der Waals surface area contributed by atoms with E-state index < -0.39 is 0 Å². The Morgan fingerprint density at radius 3 is 2.38 bits per heavy atom. The fourth-order valence-corrected chi connectivity index (χ4v) is 3.16. The van der Waals surface area contributed by atoms with Gasteiger partial charge in [0, 0.05) is 16.8 Å². The molecule has 3 heteroatoms. The van der Waals surface area contributed by atoms with Crippen LogP contribution in [0.4, 0.5) is 0 Å². The number of hydrogen-bond acceptors (Lipinski definition) is 1. The Kier molecular flexibility index (Phi) is 3.54. The summed E-state index contributed by atoms with van der Waals surface area (Å²) in [5.41, 5.74) is 6.85. The first-order valence-electron chi connectivity index (χ1n) is 8.09. The highest BCUT2D eigenvalue weighted by Crippen LogP contribution is 2.23. The van der Waals surface area contributed by atoms with Crippen molar-refractivity contribution in [2.75, 3.05) is 0 Å². The number of H-pyrrole nitrogens is 1. The third-order valence-electron chi connectivity index (χ3n) is 4.37. The Morgan fingerprint density at radius 2 is 1.54 bits per heavy atom. The largest absolute Gasteiger partial charge is 0.318 e. The normalized spacial score (nSPS) is 11.6. The maximum atomic E-state index is 4.42. The summed E-state index contributed by atoms with van der Waals surface area (Å²) in [7, 11) is 0. The van der Waals surface area contributed by atoms with Crippen LogP contribution in [-0.4, -0.2) is 14.8 Å². The highest BCUT2D eigenvalue weighted by Gasteiger charge is 2.07. The Morgan fingerprint density at radius 1 is 0.833 bits per heavy atom. The van der Waals surface area contributed by atoms with Crippen molar-refractivity contribution < 1.29 is 0 Å². The van der Waals surface area contributed by atoms with Crippen molar-refractivity contribution in [2.24, 2.45) is 0 Å². The molecule has 0 aliphatic rings. The number of aromatic amines is 1. The van der Waals surface area contributed by atoms with Crippen LogP contribution in [-0.2, 0) is 0 Å². The monoisotopic (exact) mass is 313 g/mol. The molecule has 0 fully saturated rings. The summed E-state index contributed by atoms with van der Waals surface area (Å²) >= 11 is 0. The van der Waals surface area contributed by atoms with Gasteiger partial charge < -0.3 is 4.57 Å². The molecule has 0 aliphatic carbocycles. The maximum absolute atomic E-state index is 4.42. The van der Waals surface area contributed by atoms with Crippen LogP contribution >= 0.6 is 0 Å². The van der Waals surface area contributed by atoms with Gasteiger partial charge in [0.25, 0.3) is 0 Å². The van der Waals surface area contributed by atoms with Gasteiger partial charge in [0.05, 0.1) is 16.9 Å². The number of aryl methyl sites for hydroxylation is 2. The number of para-hydroxylation sites is 2. The number of benzene rings is 2. The topological polar surface area (TPSA) is 33.6 Å². The van der Waals surface area contributed by atoms with E-state index in [1.807, 2.05) is 18.2 Å². The molecule has 0 amide bonds. The first-order valence-corrected chi connectivity index (χ1v) is 8.09. The van der Waals surface area contributed by atoms with Crippen molar-refractivity contribution >= 4 is 23.1 Å². The van der Waals surface area contributed by atoms with Gasteiger partial charge >= 0.3 is 0 Å². The first-order chi connectivity index (χ1) is 11.7. The minimum atomic E-state index is 0.960. The van der Waals surface area contributed by atoms with Gasteiger partial charge in [-0.1, -0.05) is 42.5 Å². The smallest absolute Gasteiger partial charge is 0.0927 e. The van der Waals surface area contributed by atoms with Crippen LogP contribution in [0, 0.1) is 13.8 Å². The molecule has 24 heavy (non-hydrogen) atoms. The number of aromatic nitrogens is 3. The van der Waals surface area contributed by atoms with Gasteiger partial charge in [0.1, 0.15) is 0 Å². The quantitative estimate of drug-likeness (QED) is 0.558. The molecule has 0 radical (unpaired) electrons. The van der Waals surface area contributed by atoms with E-state index in [0.717, 1.165) is 16.6 Å². The van der Waals surface area contributed by atoms with Crippen molar-refractivity contribution in [3.63, 3.8) is 0 Å². The summed E-state index contributed by atoms with van der Waals surface area (Å²) in [5, 5.41) is 8.64. The number of fused-ring (bicyclic) bond motifs is 1. The van der Waals surface area contributed by atoms with Crippen molar-refractivity contribution in [3.8, 4) is 5.69 Å². The van der Waals surface area contributed by atoms with Crippen molar-refractivity contribution in [1.29, 1.82) is 0 Å². The maximum Gasteiger partial charge on any atom is 0.0927 e. The molecule has 2 aromatic carbocycles. The Bertz CT molecular complexity index is 1010. The minimum absolute atomic E-state index is 0.960. The van der Waals surface area contributed by atoms with Crippen LogP contribution in [0.25, 0.3) is 28.7 Å². The summed E-state index contributed by atoms with van der Waals surface area (Å²) in [5.74, 6) is 0. The zero-order valence-electron chi connectivity index (χ0n) is 13.8. The van der Waals surface area contributed by atoms with Gasteiger partial charge in [-0.2, -0.15) is 5.10 Å². The Labute approximate surface area is 141 Å². The fourth-order valence-electron chi connectivity index (χ4n) is 3.16. The second-order valence-corrected chi connectivity index (χ2v) is 6.00. The van der Waals surface area contributed by atoms with Crippen LogP contribution in [0.3, 0.4) is 0 Å². The van der Waals surface area contributed by atoms with Crippen LogP contribution in [0.1, 0.15) is 22.6 Å². The van der Waals surface area contributed by atoms with E-state index in [1.54, 1.807) is 0 Å². The molecule has 4 aromatic rings. The van der Waals surface area contributed by atoms with Gasteiger partial charge in [-0.25, -0.2) is 0 Å². The lowest BCUT2D eigenvalue weighted by atomic mass is 10.1. The van der Waals surface area contributed by atoms with Crippen molar-refractivity contribution in [3.05, 3.63) is 83.3 Å². The molecule has 2 aromatic heterocycles. The van der Waals surface area contributed by atoms with Crippen molar-refractivity contribution in [1.82, 2.24) is 14.8 Å². The lowest BCUT2D eigenvalue weighted by molar-refractivity contribution is 0.963. The van der Waals surface area contributed by atoms with E-state index in [9.17, 15) is 0 Å². The molecule has 0 unspecified atom stereocenters. The molecule has 1 N–H and O–H groups in total. The molecule has 3 nitrogen and oxygen atoms in total. The molecule has 0 bridgehead atoms. The second-order valence-electron chi connectivity index (χ2n) is 6.00. The first kappa shape index (κ1) is 14.5. The van der Waals surface area contributed by atoms with E-state index >= 15 is 0 Å². The third-order valence-corrected chi connectivity index (χ3v) is 4.37.